The molecule has 0 fully saturated rings. The van der Waals surface area contributed by atoms with E-state index in [1.54, 1.807) is 0 Å². The molecular weight excluding hydrogens is 258 g/mol. The summed E-state index contributed by atoms with van der Waals surface area (Å²) < 4.78 is 0. The van der Waals surface area contributed by atoms with E-state index >= 15 is 0 Å². The van der Waals surface area contributed by atoms with Crippen molar-refractivity contribution >= 4 is 22.7 Å². The van der Waals surface area contributed by atoms with E-state index in [0.717, 1.165) is 13.0 Å². The number of hydrogen-bond acceptors (Lipinski definition) is 3. The lowest BCUT2D eigenvalue weighted by Gasteiger charge is -2.18. The molecule has 0 amide bonds. The molecular formula is C15H21NS2. The van der Waals surface area contributed by atoms with Crippen LogP contribution in [0.2, 0.25) is 0 Å². The summed E-state index contributed by atoms with van der Waals surface area (Å²) in [6.45, 7) is 7.75. The van der Waals surface area contributed by atoms with E-state index in [2.05, 4.69) is 49.0 Å². The number of aryl methyl sites for hydroxylation is 2. The Labute approximate surface area is 118 Å². The molecule has 0 saturated heterocycles. The summed E-state index contributed by atoms with van der Waals surface area (Å²) in [6.07, 6.45) is 2.29. The topological polar surface area (TPSA) is 12.0 Å². The molecule has 1 unspecified atom stereocenters. The Bertz CT molecular complexity index is 484. The predicted octanol–water partition coefficient (Wildman–Crippen LogP) is 4.77. The lowest BCUT2D eigenvalue weighted by molar-refractivity contribution is 0.608. The first-order valence-corrected chi connectivity index (χ1v) is 8.37. The van der Waals surface area contributed by atoms with E-state index in [1.807, 2.05) is 22.7 Å². The monoisotopic (exact) mass is 279 g/mol. The van der Waals surface area contributed by atoms with E-state index in [1.165, 1.54) is 27.3 Å². The van der Waals surface area contributed by atoms with Crippen LogP contribution in [0.5, 0.6) is 0 Å². The molecule has 3 heteroatoms. The second-order valence-electron chi connectivity index (χ2n) is 4.52. The van der Waals surface area contributed by atoms with Crippen molar-refractivity contribution in [3.8, 4) is 0 Å². The Morgan fingerprint density at radius 2 is 1.83 bits per heavy atom. The highest BCUT2D eigenvalue weighted by Crippen LogP contribution is 2.34. The Kier molecular flexibility index (Phi) is 4.98. The molecule has 0 aliphatic rings. The highest BCUT2D eigenvalue weighted by molar-refractivity contribution is 7.11. The normalized spacial score (nSPS) is 12.8. The van der Waals surface area contributed by atoms with Crippen molar-refractivity contribution in [1.29, 1.82) is 0 Å². The SMILES string of the molecule is CCCNC(c1sccc1C)c1sccc1CC. The van der Waals surface area contributed by atoms with Crippen molar-refractivity contribution in [1.82, 2.24) is 5.32 Å². The molecule has 18 heavy (non-hydrogen) atoms. The third-order valence-corrected chi connectivity index (χ3v) is 5.29. The van der Waals surface area contributed by atoms with Crippen LogP contribution in [0, 0.1) is 6.92 Å². The summed E-state index contributed by atoms with van der Waals surface area (Å²) >= 11 is 3.75. The first-order valence-electron chi connectivity index (χ1n) is 6.61. The summed E-state index contributed by atoms with van der Waals surface area (Å²) in [5.74, 6) is 0. The molecule has 1 atom stereocenters. The van der Waals surface area contributed by atoms with Crippen molar-refractivity contribution in [2.45, 2.75) is 39.7 Å². The van der Waals surface area contributed by atoms with E-state index < -0.39 is 0 Å². The lowest BCUT2D eigenvalue weighted by atomic mass is 10.1. The average molecular weight is 279 g/mol. The van der Waals surface area contributed by atoms with Gasteiger partial charge in [-0.2, -0.15) is 0 Å². The van der Waals surface area contributed by atoms with Crippen LogP contribution in [0.4, 0.5) is 0 Å². The zero-order chi connectivity index (χ0) is 13.0. The quantitative estimate of drug-likeness (QED) is 0.803. The van der Waals surface area contributed by atoms with Gasteiger partial charge in [0.15, 0.2) is 0 Å². The predicted molar refractivity (Wildman–Crippen MR) is 82.9 cm³/mol. The molecule has 0 spiro atoms. The maximum Gasteiger partial charge on any atom is 0.0770 e. The van der Waals surface area contributed by atoms with E-state index in [9.17, 15) is 0 Å². The van der Waals surface area contributed by atoms with Crippen molar-refractivity contribution in [3.63, 3.8) is 0 Å². The second kappa shape index (κ2) is 6.50. The van der Waals surface area contributed by atoms with E-state index in [4.69, 9.17) is 0 Å². The number of hydrogen-bond donors (Lipinski definition) is 1. The molecule has 0 aliphatic heterocycles. The van der Waals surface area contributed by atoms with Crippen LogP contribution in [-0.2, 0) is 6.42 Å². The van der Waals surface area contributed by atoms with Crippen LogP contribution >= 0.6 is 22.7 Å². The van der Waals surface area contributed by atoms with Gasteiger partial charge in [-0.1, -0.05) is 13.8 Å². The highest BCUT2D eigenvalue weighted by Gasteiger charge is 2.20. The summed E-state index contributed by atoms with van der Waals surface area (Å²) in [6, 6.07) is 4.88. The van der Waals surface area contributed by atoms with Gasteiger partial charge >= 0.3 is 0 Å². The molecule has 0 aliphatic carbocycles. The zero-order valence-electron chi connectivity index (χ0n) is 11.3. The van der Waals surface area contributed by atoms with Crippen LogP contribution in [0.25, 0.3) is 0 Å². The Morgan fingerprint density at radius 1 is 1.11 bits per heavy atom. The fourth-order valence-electron chi connectivity index (χ4n) is 2.17. The maximum atomic E-state index is 3.71. The van der Waals surface area contributed by atoms with Crippen LogP contribution in [-0.4, -0.2) is 6.54 Å². The first kappa shape index (κ1) is 13.8. The van der Waals surface area contributed by atoms with Gasteiger partial charge in [0.1, 0.15) is 0 Å². The van der Waals surface area contributed by atoms with Crippen LogP contribution in [0.3, 0.4) is 0 Å². The van der Waals surface area contributed by atoms with Crippen molar-refractivity contribution in [3.05, 3.63) is 43.8 Å². The van der Waals surface area contributed by atoms with Gasteiger partial charge in [0.05, 0.1) is 6.04 Å². The average Bonchev–Trinajstić information content (AvgIpc) is 2.99. The molecule has 1 nitrogen and oxygen atoms in total. The van der Waals surface area contributed by atoms with Gasteiger partial charge in [-0.15, -0.1) is 22.7 Å². The van der Waals surface area contributed by atoms with Crippen molar-refractivity contribution in [2.75, 3.05) is 6.54 Å². The zero-order valence-corrected chi connectivity index (χ0v) is 13.0. The summed E-state index contributed by atoms with van der Waals surface area (Å²) in [5.41, 5.74) is 2.89. The summed E-state index contributed by atoms with van der Waals surface area (Å²) in [5, 5.41) is 8.13. The summed E-state index contributed by atoms with van der Waals surface area (Å²) in [7, 11) is 0. The van der Waals surface area contributed by atoms with Gasteiger partial charge in [-0.05, 0) is 60.3 Å². The minimum Gasteiger partial charge on any atom is -0.305 e. The Hall–Kier alpha value is -0.640. The standard InChI is InChI=1S/C15H21NS2/c1-4-8-16-13(14-11(3)6-9-17-14)15-12(5-2)7-10-18-15/h6-7,9-10,13,16H,4-5,8H2,1-3H3. The third-order valence-electron chi connectivity index (χ3n) is 3.19. The molecule has 98 valence electrons. The number of thiophene rings is 2. The Balaban J connectivity index is 2.34. The Morgan fingerprint density at radius 3 is 2.44 bits per heavy atom. The van der Waals surface area contributed by atoms with Gasteiger partial charge < -0.3 is 5.32 Å². The number of nitrogens with one attached hydrogen (secondary N) is 1. The number of rotatable bonds is 6. The first-order chi connectivity index (χ1) is 8.77. The van der Waals surface area contributed by atoms with Gasteiger partial charge in [-0.3, -0.25) is 0 Å². The smallest absolute Gasteiger partial charge is 0.0770 e. The maximum absolute atomic E-state index is 3.71. The highest BCUT2D eigenvalue weighted by atomic mass is 32.1. The van der Waals surface area contributed by atoms with Gasteiger partial charge in [0.25, 0.3) is 0 Å². The third kappa shape index (κ3) is 2.85. The van der Waals surface area contributed by atoms with E-state index in [-0.39, 0.29) is 0 Å². The van der Waals surface area contributed by atoms with Gasteiger partial charge in [0, 0.05) is 9.75 Å². The fourth-order valence-corrected chi connectivity index (χ4v) is 4.33. The molecule has 2 heterocycles. The molecule has 0 saturated carbocycles. The molecule has 2 aromatic rings. The minimum absolute atomic E-state index is 0.389. The van der Waals surface area contributed by atoms with Gasteiger partial charge in [0.2, 0.25) is 0 Å². The molecule has 0 bridgehead atoms. The second-order valence-corrected chi connectivity index (χ2v) is 6.41. The summed E-state index contributed by atoms with van der Waals surface area (Å²) in [4.78, 5) is 2.97. The largest absolute Gasteiger partial charge is 0.305 e. The van der Waals surface area contributed by atoms with Crippen LogP contribution in [0.1, 0.15) is 47.2 Å². The van der Waals surface area contributed by atoms with E-state index in [0.29, 0.717) is 6.04 Å². The lowest BCUT2D eigenvalue weighted by Crippen LogP contribution is -2.23. The van der Waals surface area contributed by atoms with Crippen LogP contribution < -0.4 is 5.32 Å². The minimum atomic E-state index is 0.389. The molecule has 0 radical (unpaired) electrons. The van der Waals surface area contributed by atoms with Crippen molar-refractivity contribution in [2.24, 2.45) is 0 Å². The van der Waals surface area contributed by atoms with Gasteiger partial charge in [-0.25, -0.2) is 0 Å². The fraction of sp³-hybridized carbons (Fsp3) is 0.467. The molecule has 1 N–H and O–H groups in total. The van der Waals surface area contributed by atoms with Crippen LogP contribution in [0.15, 0.2) is 22.9 Å². The molecule has 0 aromatic carbocycles. The molecule has 2 rings (SSSR count). The van der Waals surface area contributed by atoms with Crippen molar-refractivity contribution < 1.29 is 0 Å². The molecule has 2 aromatic heterocycles.